The van der Waals surface area contributed by atoms with Crippen molar-refractivity contribution in [1.82, 2.24) is 20.0 Å². The Labute approximate surface area is 206 Å². The molecular formula is C28H44N4O2. The van der Waals surface area contributed by atoms with Gasteiger partial charge in [-0.1, -0.05) is 30.3 Å². The summed E-state index contributed by atoms with van der Waals surface area (Å²) in [5.74, 6) is 1.81. The largest absolute Gasteiger partial charge is 0.379 e. The number of piperidine rings is 3. The van der Waals surface area contributed by atoms with Crippen molar-refractivity contribution in [1.29, 1.82) is 0 Å². The van der Waals surface area contributed by atoms with E-state index in [0.29, 0.717) is 12.5 Å². The molecular weight excluding hydrogens is 424 g/mol. The van der Waals surface area contributed by atoms with Crippen LogP contribution in [0.1, 0.15) is 50.5 Å². The van der Waals surface area contributed by atoms with Crippen LogP contribution in [0.5, 0.6) is 0 Å². The van der Waals surface area contributed by atoms with Crippen LogP contribution >= 0.6 is 0 Å². The molecule has 4 atom stereocenters. The van der Waals surface area contributed by atoms with Crippen LogP contribution in [-0.4, -0.2) is 91.7 Å². The molecule has 6 nitrogen and oxygen atoms in total. The Morgan fingerprint density at radius 1 is 1.03 bits per heavy atom. The fourth-order valence-electron chi connectivity index (χ4n) is 7.22. The monoisotopic (exact) mass is 468 g/mol. The maximum Gasteiger partial charge on any atom is 0.220 e. The average molecular weight is 469 g/mol. The molecule has 0 bridgehead atoms. The van der Waals surface area contributed by atoms with Gasteiger partial charge in [0.05, 0.1) is 13.2 Å². The van der Waals surface area contributed by atoms with Gasteiger partial charge < -0.3 is 10.1 Å². The van der Waals surface area contributed by atoms with E-state index in [4.69, 9.17) is 4.74 Å². The molecule has 4 heterocycles. The van der Waals surface area contributed by atoms with E-state index in [1.54, 1.807) is 0 Å². The lowest BCUT2D eigenvalue weighted by Gasteiger charge is -2.57. The normalized spacial score (nSPS) is 30.6. The molecule has 4 aliphatic rings. The first-order valence-electron chi connectivity index (χ1n) is 13.9. The third kappa shape index (κ3) is 6.01. The fraction of sp³-hybridized carbons (Fsp3) is 0.750. The standard InChI is InChI=1S/C28H44N4O2/c33-27(29-13-16-30-17-19-34-20-18-30)12-4-11-26-25-10-6-15-31-14-5-9-24(28(25)31)22-32(26)21-23-7-2-1-3-8-23/h1-3,7-8,24-26,28H,4-6,9-22H2,(H,29,33)/t24-,25+,26+,28-/m0/s1. The Kier molecular flexibility index (Phi) is 8.54. The van der Waals surface area contributed by atoms with Crippen LogP contribution in [0.25, 0.3) is 0 Å². The lowest BCUT2D eigenvalue weighted by molar-refractivity contribution is -0.121. The number of hydrogen-bond donors (Lipinski definition) is 1. The summed E-state index contributed by atoms with van der Waals surface area (Å²) in [6, 6.07) is 12.4. The van der Waals surface area contributed by atoms with Crippen LogP contribution in [0.4, 0.5) is 0 Å². The summed E-state index contributed by atoms with van der Waals surface area (Å²) >= 11 is 0. The third-order valence-corrected chi connectivity index (χ3v) is 8.76. The van der Waals surface area contributed by atoms with Gasteiger partial charge >= 0.3 is 0 Å². The highest BCUT2D eigenvalue weighted by Gasteiger charge is 2.48. The fourth-order valence-corrected chi connectivity index (χ4v) is 7.22. The van der Waals surface area contributed by atoms with E-state index in [0.717, 1.165) is 76.7 Å². The highest BCUT2D eigenvalue weighted by Crippen LogP contribution is 2.43. The molecule has 0 spiro atoms. The van der Waals surface area contributed by atoms with Gasteiger partial charge in [-0.3, -0.25) is 19.5 Å². The van der Waals surface area contributed by atoms with Crippen LogP contribution in [0.15, 0.2) is 30.3 Å². The molecule has 0 aromatic heterocycles. The van der Waals surface area contributed by atoms with Gasteiger partial charge in [-0.05, 0) is 69.0 Å². The van der Waals surface area contributed by atoms with Gasteiger partial charge in [0.2, 0.25) is 5.91 Å². The number of ether oxygens (including phenoxy) is 1. The van der Waals surface area contributed by atoms with Crippen molar-refractivity contribution in [3.8, 4) is 0 Å². The molecule has 1 N–H and O–H groups in total. The minimum Gasteiger partial charge on any atom is -0.379 e. The molecule has 0 radical (unpaired) electrons. The van der Waals surface area contributed by atoms with Crippen molar-refractivity contribution >= 4 is 5.91 Å². The van der Waals surface area contributed by atoms with Crippen molar-refractivity contribution in [3.05, 3.63) is 35.9 Å². The molecule has 188 valence electrons. The lowest BCUT2D eigenvalue weighted by atomic mass is 9.69. The minimum atomic E-state index is 0.222. The summed E-state index contributed by atoms with van der Waals surface area (Å²) in [6.45, 7) is 10.2. The first-order chi connectivity index (χ1) is 16.8. The summed E-state index contributed by atoms with van der Waals surface area (Å²) < 4.78 is 5.41. The zero-order valence-corrected chi connectivity index (χ0v) is 20.9. The van der Waals surface area contributed by atoms with E-state index < -0.39 is 0 Å². The van der Waals surface area contributed by atoms with Crippen LogP contribution in [-0.2, 0) is 16.1 Å². The Hall–Kier alpha value is -1.47. The van der Waals surface area contributed by atoms with Crippen LogP contribution < -0.4 is 5.32 Å². The Bertz CT molecular complexity index is 767. The number of hydrogen-bond acceptors (Lipinski definition) is 5. The second-order valence-electron chi connectivity index (χ2n) is 10.9. The minimum absolute atomic E-state index is 0.222. The number of carbonyl (C=O) groups is 1. The summed E-state index contributed by atoms with van der Waals surface area (Å²) in [5, 5.41) is 3.16. The van der Waals surface area contributed by atoms with Gasteiger partial charge in [0.1, 0.15) is 0 Å². The third-order valence-electron chi connectivity index (χ3n) is 8.76. The number of likely N-dealkylation sites (tertiary alicyclic amines) is 1. The second kappa shape index (κ2) is 12.0. The molecule has 6 heteroatoms. The molecule has 0 aliphatic carbocycles. The second-order valence-corrected chi connectivity index (χ2v) is 10.9. The van der Waals surface area contributed by atoms with Gasteiger partial charge in [-0.25, -0.2) is 0 Å². The number of benzene rings is 1. The summed E-state index contributed by atoms with van der Waals surface area (Å²) in [5.41, 5.74) is 1.43. The Balaban J connectivity index is 1.16. The maximum atomic E-state index is 12.6. The molecule has 0 saturated carbocycles. The van der Waals surface area contributed by atoms with Crippen molar-refractivity contribution in [3.63, 3.8) is 0 Å². The predicted molar refractivity (Wildman–Crippen MR) is 136 cm³/mol. The molecule has 4 fully saturated rings. The maximum absolute atomic E-state index is 12.6. The zero-order valence-electron chi connectivity index (χ0n) is 20.9. The van der Waals surface area contributed by atoms with Crippen LogP contribution in [0.3, 0.4) is 0 Å². The molecule has 1 aromatic rings. The number of nitrogens with one attached hydrogen (secondary N) is 1. The molecule has 5 rings (SSSR count). The number of rotatable bonds is 9. The van der Waals surface area contributed by atoms with Gasteiger partial charge in [-0.15, -0.1) is 0 Å². The van der Waals surface area contributed by atoms with Crippen molar-refractivity contribution in [2.75, 3.05) is 59.0 Å². The summed E-state index contributed by atoms with van der Waals surface area (Å²) in [7, 11) is 0. The van der Waals surface area contributed by atoms with E-state index in [9.17, 15) is 4.79 Å². The molecule has 4 aliphatic heterocycles. The molecule has 4 saturated heterocycles. The lowest BCUT2D eigenvalue weighted by Crippen LogP contribution is -2.64. The molecule has 0 unspecified atom stereocenters. The van der Waals surface area contributed by atoms with Gasteiger partial charge in [0.25, 0.3) is 0 Å². The van der Waals surface area contributed by atoms with Gasteiger partial charge in [0, 0.05) is 57.8 Å². The van der Waals surface area contributed by atoms with E-state index in [2.05, 4.69) is 50.3 Å². The van der Waals surface area contributed by atoms with Crippen LogP contribution in [0.2, 0.25) is 0 Å². The molecule has 1 aromatic carbocycles. The first kappa shape index (κ1) is 24.2. The van der Waals surface area contributed by atoms with Crippen molar-refractivity contribution in [2.24, 2.45) is 11.8 Å². The predicted octanol–water partition coefficient (Wildman–Crippen LogP) is 2.98. The van der Waals surface area contributed by atoms with Crippen LogP contribution in [0, 0.1) is 11.8 Å². The van der Waals surface area contributed by atoms with Crippen molar-refractivity contribution < 1.29 is 9.53 Å². The van der Waals surface area contributed by atoms with E-state index >= 15 is 0 Å². The van der Waals surface area contributed by atoms with Gasteiger partial charge in [0.15, 0.2) is 0 Å². The highest BCUT2D eigenvalue weighted by atomic mass is 16.5. The van der Waals surface area contributed by atoms with E-state index in [-0.39, 0.29) is 5.91 Å². The number of amides is 1. The van der Waals surface area contributed by atoms with Crippen molar-refractivity contribution in [2.45, 2.75) is 63.6 Å². The average Bonchev–Trinajstić information content (AvgIpc) is 2.87. The summed E-state index contributed by atoms with van der Waals surface area (Å²) in [6.07, 6.45) is 8.25. The topological polar surface area (TPSA) is 48.1 Å². The Morgan fingerprint density at radius 2 is 1.82 bits per heavy atom. The zero-order chi connectivity index (χ0) is 23.2. The van der Waals surface area contributed by atoms with E-state index in [1.165, 1.54) is 50.9 Å². The quantitative estimate of drug-likeness (QED) is 0.604. The number of carbonyl (C=O) groups excluding carboxylic acids is 1. The molecule has 34 heavy (non-hydrogen) atoms. The summed E-state index contributed by atoms with van der Waals surface area (Å²) in [4.78, 5) is 20.6. The van der Waals surface area contributed by atoms with Gasteiger partial charge in [-0.2, -0.15) is 0 Å². The SMILES string of the molecule is O=C(CCC[C@@H]1[C@H]2CCCN3CCC[C@@H](CN1Cc1ccccc1)[C@@H]23)NCCN1CCOCC1. The Morgan fingerprint density at radius 3 is 2.65 bits per heavy atom. The molecule has 1 amide bonds. The number of nitrogens with zero attached hydrogens (tertiary/aromatic N) is 3. The smallest absolute Gasteiger partial charge is 0.220 e. The first-order valence-corrected chi connectivity index (χ1v) is 13.9. The number of morpholine rings is 1. The highest BCUT2D eigenvalue weighted by molar-refractivity contribution is 5.75. The van der Waals surface area contributed by atoms with E-state index in [1.807, 2.05) is 0 Å².